The maximum atomic E-state index is 5.55. The molecule has 0 aliphatic heterocycles. The van der Waals surface area contributed by atoms with Gasteiger partial charge in [0.05, 0.1) is 0 Å². The molecule has 3 N–H and O–H groups in total. The number of aromatic nitrogens is 4. The topological polar surface area (TPSA) is 81.1 Å². The van der Waals surface area contributed by atoms with Crippen molar-refractivity contribution in [2.45, 2.75) is 20.3 Å². The normalized spacial score (nSPS) is 10.9. The van der Waals surface area contributed by atoms with Gasteiger partial charge in [-0.25, -0.2) is 20.8 Å². The zero-order chi connectivity index (χ0) is 14.1. The number of nitrogen functional groups attached to an aromatic ring is 1. The third-order valence-corrected chi connectivity index (χ3v) is 3.30. The summed E-state index contributed by atoms with van der Waals surface area (Å²) in [5, 5.41) is 0. The molecule has 3 aromatic rings. The summed E-state index contributed by atoms with van der Waals surface area (Å²) in [7, 11) is 0. The van der Waals surface area contributed by atoms with Crippen molar-refractivity contribution in [2.24, 2.45) is 5.84 Å². The van der Waals surface area contributed by atoms with Crippen LogP contribution in [0.3, 0.4) is 0 Å². The predicted octanol–water partition coefficient (Wildman–Crippen LogP) is 1.95. The second-order valence-corrected chi connectivity index (χ2v) is 4.55. The summed E-state index contributed by atoms with van der Waals surface area (Å²) < 4.78 is 1.94. The third kappa shape index (κ3) is 2.00. The van der Waals surface area contributed by atoms with Gasteiger partial charge in [0.15, 0.2) is 5.82 Å². The van der Waals surface area contributed by atoms with E-state index in [-0.39, 0.29) is 0 Å². The van der Waals surface area contributed by atoms with E-state index in [4.69, 9.17) is 5.84 Å². The van der Waals surface area contributed by atoms with Gasteiger partial charge in [0.25, 0.3) is 0 Å². The summed E-state index contributed by atoms with van der Waals surface area (Å²) in [5.41, 5.74) is 6.19. The van der Waals surface area contributed by atoms with Crippen molar-refractivity contribution in [3.63, 3.8) is 0 Å². The molecule has 0 fully saturated rings. The molecule has 0 aromatic carbocycles. The fraction of sp³-hybridized carbons (Fsp3) is 0.214. The van der Waals surface area contributed by atoms with Gasteiger partial charge in [-0.1, -0.05) is 13.0 Å². The number of anilines is 1. The largest absolute Gasteiger partial charge is 0.308 e. The first-order chi connectivity index (χ1) is 9.72. The van der Waals surface area contributed by atoms with Crippen LogP contribution in [0.4, 0.5) is 5.82 Å². The van der Waals surface area contributed by atoms with Crippen LogP contribution in [0.1, 0.15) is 18.2 Å². The molecule has 0 spiro atoms. The van der Waals surface area contributed by atoms with Gasteiger partial charge in [-0.2, -0.15) is 0 Å². The number of hydrogen-bond donors (Lipinski definition) is 2. The summed E-state index contributed by atoms with van der Waals surface area (Å²) in [6.07, 6.45) is 4.69. The van der Waals surface area contributed by atoms with Crippen LogP contribution in [0.5, 0.6) is 0 Å². The number of pyridine rings is 1. The van der Waals surface area contributed by atoms with E-state index in [1.54, 1.807) is 0 Å². The van der Waals surface area contributed by atoms with E-state index in [2.05, 4.69) is 27.3 Å². The summed E-state index contributed by atoms with van der Waals surface area (Å²) in [6, 6.07) is 5.85. The molecule has 0 bridgehead atoms. The lowest BCUT2D eigenvalue weighted by Crippen LogP contribution is -2.13. The average molecular weight is 268 g/mol. The van der Waals surface area contributed by atoms with Crippen molar-refractivity contribution in [1.82, 2.24) is 19.4 Å². The van der Waals surface area contributed by atoms with Gasteiger partial charge < -0.3 is 9.83 Å². The SMILES string of the molecule is CCc1c(C)nc(-c2cn3ccccc3n2)nc1NN. The Bertz CT molecular complexity index is 728. The molecule has 0 aliphatic carbocycles. The van der Waals surface area contributed by atoms with E-state index in [0.717, 1.165) is 29.0 Å². The molecule has 3 rings (SSSR count). The summed E-state index contributed by atoms with van der Waals surface area (Å²) in [5.74, 6) is 6.79. The van der Waals surface area contributed by atoms with Gasteiger partial charge in [-0.05, 0) is 25.5 Å². The van der Waals surface area contributed by atoms with Gasteiger partial charge in [0.1, 0.15) is 17.2 Å². The number of rotatable bonds is 3. The molecule has 0 saturated carbocycles. The molecular weight excluding hydrogens is 252 g/mol. The fourth-order valence-electron chi connectivity index (χ4n) is 2.30. The monoisotopic (exact) mass is 268 g/mol. The van der Waals surface area contributed by atoms with Crippen LogP contribution >= 0.6 is 0 Å². The Labute approximate surface area is 116 Å². The molecule has 3 heterocycles. The van der Waals surface area contributed by atoms with Crippen LogP contribution in [0.25, 0.3) is 17.2 Å². The Morgan fingerprint density at radius 1 is 1.25 bits per heavy atom. The molecule has 20 heavy (non-hydrogen) atoms. The van der Waals surface area contributed by atoms with Crippen LogP contribution in [-0.2, 0) is 6.42 Å². The molecule has 0 radical (unpaired) electrons. The molecule has 0 amide bonds. The molecular formula is C14H16N6. The predicted molar refractivity (Wildman–Crippen MR) is 78.1 cm³/mol. The second kappa shape index (κ2) is 4.90. The molecule has 102 valence electrons. The average Bonchev–Trinajstić information content (AvgIpc) is 2.90. The fourth-order valence-corrected chi connectivity index (χ4v) is 2.30. The van der Waals surface area contributed by atoms with Gasteiger partial charge >= 0.3 is 0 Å². The first-order valence-corrected chi connectivity index (χ1v) is 6.51. The van der Waals surface area contributed by atoms with Crippen LogP contribution in [0.15, 0.2) is 30.6 Å². The first-order valence-electron chi connectivity index (χ1n) is 6.51. The third-order valence-electron chi connectivity index (χ3n) is 3.30. The zero-order valence-electron chi connectivity index (χ0n) is 11.5. The van der Waals surface area contributed by atoms with Crippen molar-refractivity contribution in [3.8, 4) is 11.5 Å². The van der Waals surface area contributed by atoms with E-state index < -0.39 is 0 Å². The van der Waals surface area contributed by atoms with E-state index in [1.807, 2.05) is 41.9 Å². The highest BCUT2D eigenvalue weighted by atomic mass is 15.3. The summed E-state index contributed by atoms with van der Waals surface area (Å²) >= 11 is 0. The summed E-state index contributed by atoms with van der Waals surface area (Å²) in [4.78, 5) is 13.5. The highest BCUT2D eigenvalue weighted by Crippen LogP contribution is 2.22. The zero-order valence-corrected chi connectivity index (χ0v) is 11.5. The molecule has 6 heteroatoms. The molecule has 3 aromatic heterocycles. The Morgan fingerprint density at radius 3 is 2.80 bits per heavy atom. The lowest BCUT2D eigenvalue weighted by Gasteiger charge is -2.10. The van der Waals surface area contributed by atoms with Crippen LogP contribution in [0, 0.1) is 6.92 Å². The number of nitrogens with two attached hydrogens (primary N) is 1. The van der Waals surface area contributed by atoms with E-state index in [9.17, 15) is 0 Å². The number of imidazole rings is 1. The standard InChI is InChI=1S/C14H16N6/c1-3-10-9(2)16-14(18-13(10)19-15)11-8-20-7-5-4-6-12(20)17-11/h4-8H,3,15H2,1-2H3,(H,16,18,19). The molecule has 0 saturated heterocycles. The number of aryl methyl sites for hydroxylation is 1. The van der Waals surface area contributed by atoms with Crippen LogP contribution in [0.2, 0.25) is 0 Å². The number of nitrogens with zero attached hydrogens (tertiary/aromatic N) is 4. The van der Waals surface area contributed by atoms with Crippen molar-refractivity contribution < 1.29 is 0 Å². The number of hydrazine groups is 1. The van der Waals surface area contributed by atoms with Crippen LogP contribution in [-0.4, -0.2) is 19.4 Å². The first kappa shape index (κ1) is 12.6. The maximum Gasteiger partial charge on any atom is 0.182 e. The van der Waals surface area contributed by atoms with Crippen molar-refractivity contribution in [2.75, 3.05) is 5.43 Å². The number of nitrogens with one attached hydrogen (secondary N) is 1. The van der Waals surface area contributed by atoms with Gasteiger partial charge in [-0.3, -0.25) is 0 Å². The smallest absolute Gasteiger partial charge is 0.182 e. The van der Waals surface area contributed by atoms with Crippen molar-refractivity contribution in [1.29, 1.82) is 0 Å². The minimum absolute atomic E-state index is 0.580. The van der Waals surface area contributed by atoms with Crippen molar-refractivity contribution in [3.05, 3.63) is 41.9 Å². The second-order valence-electron chi connectivity index (χ2n) is 4.55. The minimum Gasteiger partial charge on any atom is -0.308 e. The lowest BCUT2D eigenvalue weighted by molar-refractivity contribution is 0.991. The highest BCUT2D eigenvalue weighted by Gasteiger charge is 2.13. The quantitative estimate of drug-likeness (QED) is 0.560. The molecule has 0 aliphatic rings. The molecule has 0 unspecified atom stereocenters. The van der Waals surface area contributed by atoms with Gasteiger partial charge in [-0.15, -0.1) is 0 Å². The van der Waals surface area contributed by atoms with Crippen molar-refractivity contribution >= 4 is 11.5 Å². The Kier molecular flexibility index (Phi) is 3.08. The molecule has 0 atom stereocenters. The van der Waals surface area contributed by atoms with E-state index >= 15 is 0 Å². The van der Waals surface area contributed by atoms with Crippen LogP contribution < -0.4 is 11.3 Å². The number of fused-ring (bicyclic) bond motifs is 1. The van der Waals surface area contributed by atoms with Gasteiger partial charge in [0, 0.05) is 23.7 Å². The molecule has 6 nitrogen and oxygen atoms in total. The van der Waals surface area contributed by atoms with E-state index in [0.29, 0.717) is 11.6 Å². The maximum absolute atomic E-state index is 5.55. The lowest BCUT2D eigenvalue weighted by atomic mass is 10.1. The van der Waals surface area contributed by atoms with Gasteiger partial charge in [0.2, 0.25) is 0 Å². The number of hydrogen-bond acceptors (Lipinski definition) is 5. The Balaban J connectivity index is 2.16. The van der Waals surface area contributed by atoms with E-state index in [1.165, 1.54) is 0 Å². The Hall–Kier alpha value is -2.47. The minimum atomic E-state index is 0.580. The Morgan fingerprint density at radius 2 is 2.10 bits per heavy atom. The summed E-state index contributed by atoms with van der Waals surface area (Å²) in [6.45, 7) is 4.01. The highest BCUT2D eigenvalue weighted by molar-refractivity contribution is 5.59.